The van der Waals surface area contributed by atoms with Crippen molar-refractivity contribution in [3.8, 4) is 0 Å². The molecule has 1 heterocycles. The summed E-state index contributed by atoms with van der Waals surface area (Å²) < 4.78 is 0. The minimum atomic E-state index is 0.490. The maximum atomic E-state index is 3.71. The zero-order chi connectivity index (χ0) is 12.8. The van der Waals surface area contributed by atoms with E-state index in [1.165, 1.54) is 43.5 Å². The summed E-state index contributed by atoms with van der Waals surface area (Å²) in [6, 6.07) is 9.28. The average Bonchev–Trinajstić information content (AvgIpc) is 2.88. The highest BCUT2D eigenvalue weighted by Crippen LogP contribution is 2.20. The quantitative estimate of drug-likeness (QED) is 0.829. The van der Waals surface area contributed by atoms with Crippen LogP contribution in [0.15, 0.2) is 24.3 Å². The van der Waals surface area contributed by atoms with Crippen molar-refractivity contribution in [2.24, 2.45) is 0 Å². The molecule has 1 aromatic rings. The lowest BCUT2D eigenvalue weighted by Gasteiger charge is -2.26. The molecule has 1 aliphatic rings. The summed E-state index contributed by atoms with van der Waals surface area (Å²) in [4.78, 5) is 2.60. The maximum absolute atomic E-state index is 3.71. The van der Waals surface area contributed by atoms with Crippen LogP contribution in [0.1, 0.15) is 43.4 Å². The predicted octanol–water partition coefficient (Wildman–Crippen LogP) is 3.13. The SMILES string of the molecule is CCCNC(CN1CCCC1)c1ccccc1C. The fraction of sp³-hybridized carbons (Fsp3) is 0.625. The Kier molecular flexibility index (Phi) is 5.21. The Bertz CT molecular complexity index is 356. The lowest BCUT2D eigenvalue weighted by molar-refractivity contribution is 0.292. The van der Waals surface area contributed by atoms with E-state index < -0.39 is 0 Å². The summed E-state index contributed by atoms with van der Waals surface area (Å²) >= 11 is 0. The van der Waals surface area contributed by atoms with Crippen molar-refractivity contribution in [1.82, 2.24) is 10.2 Å². The van der Waals surface area contributed by atoms with E-state index in [4.69, 9.17) is 0 Å². The first kappa shape index (κ1) is 13.6. The van der Waals surface area contributed by atoms with Crippen LogP contribution in [0.2, 0.25) is 0 Å². The highest BCUT2D eigenvalue weighted by Gasteiger charge is 2.19. The number of aryl methyl sites for hydroxylation is 1. The van der Waals surface area contributed by atoms with Crippen LogP contribution in [0.5, 0.6) is 0 Å². The Morgan fingerprint density at radius 3 is 2.61 bits per heavy atom. The molecular formula is C16H26N2. The molecule has 1 N–H and O–H groups in total. The van der Waals surface area contributed by atoms with E-state index in [9.17, 15) is 0 Å². The minimum Gasteiger partial charge on any atom is -0.309 e. The number of hydrogen-bond acceptors (Lipinski definition) is 2. The lowest BCUT2D eigenvalue weighted by atomic mass is 10.0. The van der Waals surface area contributed by atoms with Gasteiger partial charge < -0.3 is 10.2 Å². The zero-order valence-corrected chi connectivity index (χ0v) is 11.8. The summed E-state index contributed by atoms with van der Waals surface area (Å²) in [6.07, 6.45) is 3.94. The van der Waals surface area contributed by atoms with Crippen LogP contribution in [-0.4, -0.2) is 31.1 Å². The van der Waals surface area contributed by atoms with Gasteiger partial charge in [-0.05, 0) is 56.9 Å². The molecule has 1 aliphatic heterocycles. The van der Waals surface area contributed by atoms with Gasteiger partial charge >= 0.3 is 0 Å². The van der Waals surface area contributed by atoms with Crippen LogP contribution in [0.4, 0.5) is 0 Å². The molecule has 0 amide bonds. The van der Waals surface area contributed by atoms with Gasteiger partial charge in [0, 0.05) is 12.6 Å². The molecule has 0 radical (unpaired) electrons. The first-order chi connectivity index (χ1) is 8.81. The molecule has 1 atom stereocenters. The van der Waals surface area contributed by atoms with Crippen molar-refractivity contribution >= 4 is 0 Å². The number of nitrogens with zero attached hydrogens (tertiary/aromatic N) is 1. The fourth-order valence-corrected chi connectivity index (χ4v) is 2.79. The van der Waals surface area contributed by atoms with E-state index in [0.717, 1.165) is 13.1 Å². The Hall–Kier alpha value is -0.860. The van der Waals surface area contributed by atoms with Crippen molar-refractivity contribution < 1.29 is 0 Å². The second kappa shape index (κ2) is 6.91. The zero-order valence-electron chi connectivity index (χ0n) is 11.8. The third kappa shape index (κ3) is 3.56. The number of benzene rings is 1. The highest BCUT2D eigenvalue weighted by atomic mass is 15.2. The Labute approximate surface area is 111 Å². The maximum Gasteiger partial charge on any atom is 0.0451 e. The van der Waals surface area contributed by atoms with E-state index in [2.05, 4.69) is 48.3 Å². The Balaban J connectivity index is 2.06. The molecule has 1 aromatic carbocycles. The Morgan fingerprint density at radius 1 is 1.22 bits per heavy atom. The summed E-state index contributed by atoms with van der Waals surface area (Å²) in [5.74, 6) is 0. The molecule has 18 heavy (non-hydrogen) atoms. The molecule has 2 nitrogen and oxygen atoms in total. The third-order valence-corrected chi connectivity index (χ3v) is 3.84. The van der Waals surface area contributed by atoms with Gasteiger partial charge in [0.05, 0.1) is 0 Å². The topological polar surface area (TPSA) is 15.3 Å². The van der Waals surface area contributed by atoms with Crippen molar-refractivity contribution in [2.75, 3.05) is 26.2 Å². The smallest absolute Gasteiger partial charge is 0.0451 e. The van der Waals surface area contributed by atoms with Gasteiger partial charge in [0.1, 0.15) is 0 Å². The summed E-state index contributed by atoms with van der Waals surface area (Å²) in [7, 11) is 0. The molecule has 2 rings (SSSR count). The van der Waals surface area contributed by atoms with Gasteiger partial charge in [-0.2, -0.15) is 0 Å². The van der Waals surface area contributed by atoms with Crippen molar-refractivity contribution in [1.29, 1.82) is 0 Å². The second-order valence-corrected chi connectivity index (χ2v) is 5.37. The first-order valence-corrected chi connectivity index (χ1v) is 7.32. The molecule has 0 spiro atoms. The van der Waals surface area contributed by atoms with Crippen molar-refractivity contribution in [3.05, 3.63) is 35.4 Å². The van der Waals surface area contributed by atoms with Gasteiger partial charge in [-0.1, -0.05) is 31.2 Å². The van der Waals surface area contributed by atoms with Gasteiger partial charge in [-0.3, -0.25) is 0 Å². The monoisotopic (exact) mass is 246 g/mol. The number of likely N-dealkylation sites (tertiary alicyclic amines) is 1. The van der Waals surface area contributed by atoms with Crippen LogP contribution in [0, 0.1) is 6.92 Å². The Morgan fingerprint density at radius 2 is 1.94 bits per heavy atom. The summed E-state index contributed by atoms with van der Waals surface area (Å²) in [5, 5.41) is 3.71. The molecule has 2 heteroatoms. The van der Waals surface area contributed by atoms with Crippen LogP contribution < -0.4 is 5.32 Å². The largest absolute Gasteiger partial charge is 0.309 e. The molecule has 1 saturated heterocycles. The lowest BCUT2D eigenvalue weighted by Crippen LogP contribution is -2.34. The van der Waals surface area contributed by atoms with E-state index in [0.29, 0.717) is 6.04 Å². The van der Waals surface area contributed by atoms with Crippen LogP contribution in [-0.2, 0) is 0 Å². The third-order valence-electron chi connectivity index (χ3n) is 3.84. The van der Waals surface area contributed by atoms with Gasteiger partial charge in [0.2, 0.25) is 0 Å². The van der Waals surface area contributed by atoms with Crippen LogP contribution in [0.3, 0.4) is 0 Å². The molecule has 0 bridgehead atoms. The molecule has 1 fully saturated rings. The number of nitrogens with one attached hydrogen (secondary N) is 1. The van der Waals surface area contributed by atoms with Crippen LogP contribution in [0.25, 0.3) is 0 Å². The number of hydrogen-bond donors (Lipinski definition) is 1. The van der Waals surface area contributed by atoms with Gasteiger partial charge in [-0.15, -0.1) is 0 Å². The fourth-order valence-electron chi connectivity index (χ4n) is 2.79. The van der Waals surface area contributed by atoms with E-state index in [1.54, 1.807) is 0 Å². The molecule has 100 valence electrons. The molecular weight excluding hydrogens is 220 g/mol. The van der Waals surface area contributed by atoms with Crippen LogP contribution >= 0.6 is 0 Å². The average molecular weight is 246 g/mol. The highest BCUT2D eigenvalue weighted by molar-refractivity contribution is 5.29. The second-order valence-electron chi connectivity index (χ2n) is 5.37. The minimum absolute atomic E-state index is 0.490. The van der Waals surface area contributed by atoms with Gasteiger partial charge in [0.15, 0.2) is 0 Å². The van der Waals surface area contributed by atoms with E-state index in [1.807, 2.05) is 0 Å². The number of rotatable bonds is 6. The van der Waals surface area contributed by atoms with Gasteiger partial charge in [-0.25, -0.2) is 0 Å². The first-order valence-electron chi connectivity index (χ1n) is 7.32. The van der Waals surface area contributed by atoms with Crippen molar-refractivity contribution in [2.45, 2.75) is 39.2 Å². The van der Waals surface area contributed by atoms with E-state index in [-0.39, 0.29) is 0 Å². The predicted molar refractivity (Wildman–Crippen MR) is 77.9 cm³/mol. The normalized spacial score (nSPS) is 18.1. The summed E-state index contributed by atoms with van der Waals surface area (Å²) in [5.41, 5.74) is 2.88. The molecule has 1 unspecified atom stereocenters. The van der Waals surface area contributed by atoms with Gasteiger partial charge in [0.25, 0.3) is 0 Å². The summed E-state index contributed by atoms with van der Waals surface area (Å²) in [6.45, 7) is 9.27. The molecule has 0 aromatic heterocycles. The molecule has 0 aliphatic carbocycles. The van der Waals surface area contributed by atoms with Crippen molar-refractivity contribution in [3.63, 3.8) is 0 Å². The standard InChI is InChI=1S/C16H26N2/c1-3-10-17-16(13-18-11-6-7-12-18)15-9-5-4-8-14(15)2/h4-5,8-9,16-17H,3,6-7,10-13H2,1-2H3. The van der Waals surface area contributed by atoms with E-state index >= 15 is 0 Å². The molecule has 0 saturated carbocycles.